The summed E-state index contributed by atoms with van der Waals surface area (Å²) >= 11 is 1.34. The molecule has 0 radical (unpaired) electrons. The lowest BCUT2D eigenvalue weighted by molar-refractivity contribution is -0.191. The second kappa shape index (κ2) is 42.8. The van der Waals surface area contributed by atoms with E-state index in [1.54, 1.807) is 107 Å². The molecule has 136 heavy (non-hydrogen) atoms. The Morgan fingerprint density at radius 1 is 0.382 bits per heavy atom. The SMILES string of the molecule is CCc1ccc(N2C(=O)N(c3ccc(C)cc3)Cc3cnc(NCC(F)(F)F)nc32)cc1.COc1ccc(N2Cc3cnc(NCC(F)(F)F)nc3N(c3cccc(OC)c3)C2=O)cc1.Cc1ccc(N2Cc3cnc(NCC(F)(F)F)nc3N(c3ccc(-c4ccsn4)cc3)C2=O)cc1.Cc1ccc(N2Cc3cnc(NCC(F)(F)F)nc3N(c3ccc(CCO)cc3)C2=O)cc1.O=C=O. The van der Waals surface area contributed by atoms with E-state index in [0.29, 0.717) is 85.7 Å². The molecule has 0 unspecified atom stereocenters. The van der Waals surface area contributed by atoms with E-state index in [0.717, 1.165) is 45.5 Å². The highest BCUT2D eigenvalue weighted by atomic mass is 32.1. The molecule has 17 rings (SSSR count). The smallest absolute Gasteiger partial charge is 0.405 e. The molecular weight excluding hydrogens is 1820 g/mol. The number of nitrogens with zero attached hydrogens (tertiary/aromatic N) is 17. The number of alkyl halides is 12. The third-order valence-electron chi connectivity index (χ3n) is 20.8. The van der Waals surface area contributed by atoms with Gasteiger partial charge in [0, 0.05) is 93.4 Å². The van der Waals surface area contributed by atoms with Crippen molar-refractivity contribution in [3.8, 4) is 22.8 Å². The number of fused-ring (bicyclic) bond motifs is 4. The maximum absolute atomic E-state index is 13.7. The van der Waals surface area contributed by atoms with Crippen LogP contribution in [0.3, 0.4) is 0 Å². The van der Waals surface area contributed by atoms with E-state index >= 15 is 0 Å². The number of carbonyl (C=O) groups is 4. The zero-order valence-corrected chi connectivity index (χ0v) is 73.8. The first-order valence-electron chi connectivity index (χ1n) is 41.4. The molecule has 8 amide bonds. The topological polar surface area (TPSA) is 331 Å². The zero-order valence-electron chi connectivity index (χ0n) is 73.0. The van der Waals surface area contributed by atoms with Crippen molar-refractivity contribution < 1.29 is 96.0 Å². The van der Waals surface area contributed by atoms with Gasteiger partial charge >= 0.3 is 55.0 Å². The number of anilines is 16. The predicted molar refractivity (Wildman–Crippen MR) is 486 cm³/mol. The monoisotopic (exact) mass is 1900 g/mol. The van der Waals surface area contributed by atoms with Crippen molar-refractivity contribution in [2.45, 2.75) is 91.4 Å². The summed E-state index contributed by atoms with van der Waals surface area (Å²) < 4.78 is 167. The van der Waals surface area contributed by atoms with Gasteiger partial charge in [-0.1, -0.05) is 102 Å². The molecule has 30 nitrogen and oxygen atoms in total. The van der Waals surface area contributed by atoms with Crippen LogP contribution < -0.4 is 69.9 Å². The van der Waals surface area contributed by atoms with Crippen molar-refractivity contribution in [2.24, 2.45) is 0 Å². The molecule has 4 aliphatic heterocycles. The van der Waals surface area contributed by atoms with E-state index < -0.39 is 56.9 Å². The van der Waals surface area contributed by atoms with Gasteiger partial charge in [0.05, 0.1) is 68.8 Å². The van der Waals surface area contributed by atoms with Gasteiger partial charge in [0.1, 0.15) is 37.7 Å². The lowest BCUT2D eigenvalue weighted by Crippen LogP contribution is -2.45. The summed E-state index contributed by atoms with van der Waals surface area (Å²) in [5.74, 6) is 1.21. The third-order valence-corrected chi connectivity index (χ3v) is 21.4. The van der Waals surface area contributed by atoms with Gasteiger partial charge in [-0.25, -0.2) is 58.7 Å². The number of hydrogen-bond acceptors (Lipinski definition) is 23. The first-order valence-corrected chi connectivity index (χ1v) is 42.2. The number of aliphatic hydroxyl groups is 1. The van der Waals surface area contributed by atoms with E-state index in [-0.39, 0.29) is 104 Å². The molecule has 0 bridgehead atoms. The van der Waals surface area contributed by atoms with Gasteiger partial charge < -0.3 is 35.8 Å². The third kappa shape index (κ3) is 24.7. The van der Waals surface area contributed by atoms with Crippen LogP contribution in [-0.4, -0.2) is 151 Å². The Balaban J connectivity index is 0.000000152. The Labute approximate surface area is 773 Å². The van der Waals surface area contributed by atoms with E-state index in [9.17, 15) is 71.9 Å². The number of ether oxygens (including phenoxy) is 2. The average Bonchev–Trinajstić information content (AvgIpc) is 0.822. The molecule has 0 fully saturated rings. The molecule has 5 N–H and O–H groups in total. The van der Waals surface area contributed by atoms with Crippen LogP contribution >= 0.6 is 11.5 Å². The number of amides is 8. The number of methoxy groups -OCH3 is 2. The van der Waals surface area contributed by atoms with Crippen LogP contribution in [0.25, 0.3) is 11.3 Å². The number of aromatic nitrogens is 9. The molecule has 4 aliphatic rings. The Morgan fingerprint density at radius 3 is 0.963 bits per heavy atom. The predicted octanol–water partition coefficient (Wildman–Crippen LogP) is 20.5. The highest BCUT2D eigenvalue weighted by molar-refractivity contribution is 7.03. The maximum Gasteiger partial charge on any atom is 0.405 e. The number of carbonyl (C=O) groups excluding carboxylic acids is 6. The van der Waals surface area contributed by atoms with Crippen LogP contribution in [0.15, 0.2) is 230 Å². The van der Waals surface area contributed by atoms with Crippen LogP contribution in [0.1, 0.15) is 57.0 Å². The number of rotatable bonds is 22. The maximum atomic E-state index is 13.7. The molecule has 0 spiro atoms. The highest BCUT2D eigenvalue weighted by Gasteiger charge is 2.41. The number of benzene rings is 8. The van der Waals surface area contributed by atoms with Crippen LogP contribution in [0.2, 0.25) is 0 Å². The largest absolute Gasteiger partial charge is 0.497 e. The van der Waals surface area contributed by atoms with Gasteiger partial charge in [0.15, 0.2) is 23.3 Å². The van der Waals surface area contributed by atoms with Gasteiger partial charge in [-0.3, -0.25) is 19.6 Å². The standard InChI is InChI=1S/C24H19F3N6OS.C23H22F3N5O2.C23H22F3N5O.C22H20F3N5O3.CO2/c1-15-2-6-18(7-3-15)32-13-17-12-28-22(29-14-24(25,26)27)30-21(17)33(23(32)34)19-8-4-16(5-9-19)20-10-11-35-31-20;1-15-2-6-18(7-3-15)30-13-17-12-27-21(28-14-23(24,25)26)29-20(17)31(22(30)33)19-8-4-16(5-9-19)10-11-32;1-3-16-6-10-19(11-7-16)31-20-17(12-27-21(29-20)28-14-23(24,25)26)13-30(22(31)32)18-8-4-15(2)5-9-18;1-32-17-8-6-15(7-9-17)29-12-14-11-26-20(27-13-22(23,24)25)28-19(14)30(21(29)31)16-4-3-5-18(10-16)33-2;2-1-3/h2-12H,13-14H2,1H3,(H,28,29,30);2-9,12,32H,10-11,13-14H2,1H3,(H,27,28,29);4-12H,3,13-14H2,1-2H3,(H,27,28,29);3-11H,12-13H2,1-2H3,(H,26,27,28);. The van der Waals surface area contributed by atoms with E-state index in [1.807, 2.05) is 148 Å². The van der Waals surface area contributed by atoms with Crippen molar-refractivity contribution in [3.63, 3.8) is 0 Å². The summed E-state index contributed by atoms with van der Waals surface area (Å²) in [6, 6.07) is 58.2. The van der Waals surface area contributed by atoms with Crippen molar-refractivity contribution in [3.05, 3.63) is 280 Å². The molecule has 13 aromatic rings. The van der Waals surface area contributed by atoms with Gasteiger partial charge in [0.25, 0.3) is 0 Å². The molecular formula is C93H83F12N21O9S. The lowest BCUT2D eigenvalue weighted by atomic mass is 10.1. The molecule has 0 saturated carbocycles. The van der Waals surface area contributed by atoms with Crippen molar-refractivity contribution >= 4 is 134 Å². The number of hydrogen-bond donors (Lipinski definition) is 5. The summed E-state index contributed by atoms with van der Waals surface area (Å²) in [6.45, 7) is 3.47. The molecule has 704 valence electrons. The van der Waals surface area contributed by atoms with Crippen LogP contribution in [0.5, 0.6) is 11.5 Å². The fourth-order valence-electron chi connectivity index (χ4n) is 14.1. The Hall–Kier alpha value is -15.9. The number of aryl methyl sites for hydroxylation is 4. The number of nitrogens with one attached hydrogen (secondary N) is 4. The summed E-state index contributed by atoms with van der Waals surface area (Å²) in [4.78, 5) is 116. The second-order valence-electron chi connectivity index (χ2n) is 30.4. The second-order valence-corrected chi connectivity index (χ2v) is 31.1. The van der Waals surface area contributed by atoms with Crippen LogP contribution in [0, 0.1) is 20.8 Å². The average molecular weight is 1900 g/mol. The van der Waals surface area contributed by atoms with E-state index in [4.69, 9.17) is 24.2 Å². The van der Waals surface area contributed by atoms with E-state index in [2.05, 4.69) is 65.5 Å². The zero-order chi connectivity index (χ0) is 97.3. The summed E-state index contributed by atoms with van der Waals surface area (Å²) in [5.41, 5.74) is 13.9. The van der Waals surface area contributed by atoms with Crippen molar-refractivity contribution in [1.29, 1.82) is 0 Å². The minimum absolute atomic E-state index is 0.00646. The summed E-state index contributed by atoms with van der Waals surface area (Å²) in [7, 11) is 3.04. The minimum Gasteiger partial charge on any atom is -0.497 e. The van der Waals surface area contributed by atoms with Crippen LogP contribution in [-0.2, 0) is 48.6 Å². The lowest BCUT2D eigenvalue weighted by Gasteiger charge is -2.36. The van der Waals surface area contributed by atoms with Crippen molar-refractivity contribution in [1.82, 2.24) is 44.2 Å². The Morgan fingerprint density at radius 2 is 0.676 bits per heavy atom. The van der Waals surface area contributed by atoms with Gasteiger partial charge in [-0.2, -0.15) is 86.6 Å². The van der Waals surface area contributed by atoms with Crippen LogP contribution in [0.4, 0.5) is 164 Å². The molecule has 5 aromatic heterocycles. The first-order chi connectivity index (χ1) is 65.0. The fourth-order valence-corrected chi connectivity index (χ4v) is 14.6. The Bertz CT molecular complexity index is 6380. The molecule has 0 aliphatic carbocycles. The molecule has 0 saturated heterocycles. The number of urea groups is 4. The normalized spacial score (nSPS) is 13.5. The Kier molecular flexibility index (Phi) is 30.7. The summed E-state index contributed by atoms with van der Waals surface area (Å²) in [5, 5.41) is 19.7. The molecule has 43 heteroatoms. The molecule has 8 aromatic carbocycles. The van der Waals surface area contributed by atoms with E-state index in [1.165, 1.54) is 67.9 Å². The minimum atomic E-state index is -4.44. The number of aliphatic hydroxyl groups excluding tert-OH is 1. The fraction of sp³-hybridized carbons (Fsp3) is 0.226. The van der Waals surface area contributed by atoms with Gasteiger partial charge in [-0.05, 0) is 172 Å². The van der Waals surface area contributed by atoms with Gasteiger partial charge in [-0.15, -0.1) is 0 Å². The molecule has 9 heterocycles. The van der Waals surface area contributed by atoms with Gasteiger partial charge in [0.2, 0.25) is 23.8 Å². The first kappa shape index (κ1) is 97.6. The summed E-state index contributed by atoms with van der Waals surface area (Å²) in [6.07, 6.45) is -10.4. The molecule has 0 atom stereocenters. The highest BCUT2D eigenvalue weighted by Crippen LogP contribution is 2.43. The quantitative estimate of drug-likeness (QED) is 0.0394. The number of halogens is 12. The van der Waals surface area contributed by atoms with Crippen molar-refractivity contribution in [2.75, 3.05) is 107 Å².